The average Bonchev–Trinajstić information content (AvgIpc) is 2.40. The molecular weight excluding hydrogens is 239 g/mol. The first-order valence-electron chi connectivity index (χ1n) is 7.50. The number of hydrogen-bond donors (Lipinski definition) is 1. The zero-order chi connectivity index (χ0) is 13.7. The molecule has 1 aliphatic carbocycles. The first-order chi connectivity index (χ1) is 9.24. The molecule has 0 bridgehead atoms. The predicted octanol–water partition coefficient (Wildman–Crippen LogP) is 3.49. The molecule has 19 heavy (non-hydrogen) atoms. The minimum Gasteiger partial charge on any atom is -0.369 e. The second kappa shape index (κ2) is 6.90. The molecular formula is C16H25FN2. The summed E-state index contributed by atoms with van der Waals surface area (Å²) in [6.45, 7) is 3.66. The van der Waals surface area contributed by atoms with E-state index < -0.39 is 0 Å². The van der Waals surface area contributed by atoms with E-state index in [0.717, 1.165) is 24.2 Å². The monoisotopic (exact) mass is 264 g/mol. The Hall–Kier alpha value is -1.09. The van der Waals surface area contributed by atoms with Crippen molar-refractivity contribution >= 4 is 5.69 Å². The van der Waals surface area contributed by atoms with Crippen molar-refractivity contribution in [1.82, 2.24) is 0 Å². The van der Waals surface area contributed by atoms with Crippen LogP contribution in [0.15, 0.2) is 18.2 Å². The van der Waals surface area contributed by atoms with Gasteiger partial charge in [-0.2, -0.15) is 0 Å². The van der Waals surface area contributed by atoms with Crippen molar-refractivity contribution < 1.29 is 4.39 Å². The number of nitrogens with two attached hydrogens (primary N) is 1. The van der Waals surface area contributed by atoms with Gasteiger partial charge in [0, 0.05) is 18.3 Å². The van der Waals surface area contributed by atoms with Crippen molar-refractivity contribution in [3.63, 3.8) is 0 Å². The topological polar surface area (TPSA) is 29.3 Å². The van der Waals surface area contributed by atoms with E-state index in [1.807, 2.05) is 0 Å². The Balaban J connectivity index is 2.21. The Morgan fingerprint density at radius 2 is 1.95 bits per heavy atom. The van der Waals surface area contributed by atoms with Crippen molar-refractivity contribution in [2.75, 3.05) is 18.0 Å². The third-order valence-corrected chi connectivity index (χ3v) is 4.06. The minimum absolute atomic E-state index is 0.143. The molecule has 0 saturated heterocycles. The van der Waals surface area contributed by atoms with Crippen molar-refractivity contribution in [2.24, 2.45) is 5.73 Å². The van der Waals surface area contributed by atoms with E-state index in [2.05, 4.69) is 17.9 Å². The average molecular weight is 264 g/mol. The third kappa shape index (κ3) is 3.69. The van der Waals surface area contributed by atoms with Crippen LogP contribution in [0.25, 0.3) is 0 Å². The second-order valence-electron chi connectivity index (χ2n) is 5.43. The van der Waals surface area contributed by atoms with Gasteiger partial charge in [0.2, 0.25) is 0 Å². The summed E-state index contributed by atoms with van der Waals surface area (Å²) in [6, 6.07) is 5.95. The summed E-state index contributed by atoms with van der Waals surface area (Å²) in [5.41, 5.74) is 7.61. The molecule has 1 fully saturated rings. The van der Waals surface area contributed by atoms with Gasteiger partial charge in [0.05, 0.1) is 0 Å². The molecule has 1 aromatic carbocycles. The van der Waals surface area contributed by atoms with Crippen LogP contribution in [0.1, 0.15) is 44.6 Å². The fourth-order valence-electron chi connectivity index (χ4n) is 3.15. The molecule has 0 radical (unpaired) electrons. The van der Waals surface area contributed by atoms with Crippen molar-refractivity contribution in [3.05, 3.63) is 29.6 Å². The van der Waals surface area contributed by atoms with Gasteiger partial charge in [0.1, 0.15) is 5.82 Å². The molecule has 0 spiro atoms. The van der Waals surface area contributed by atoms with Crippen LogP contribution >= 0.6 is 0 Å². The van der Waals surface area contributed by atoms with Gasteiger partial charge >= 0.3 is 0 Å². The molecule has 0 aromatic heterocycles. The van der Waals surface area contributed by atoms with Gasteiger partial charge in [-0.25, -0.2) is 4.39 Å². The SMILES string of the molecule is CCN(c1cc(F)cc(CCN)c1)C1CCCCC1. The van der Waals surface area contributed by atoms with Gasteiger partial charge in [0.25, 0.3) is 0 Å². The predicted molar refractivity (Wildman–Crippen MR) is 79.1 cm³/mol. The van der Waals surface area contributed by atoms with Crippen LogP contribution in [0, 0.1) is 5.82 Å². The van der Waals surface area contributed by atoms with Crippen LogP contribution in [0.2, 0.25) is 0 Å². The normalized spacial score (nSPS) is 16.6. The zero-order valence-electron chi connectivity index (χ0n) is 11.9. The van der Waals surface area contributed by atoms with Gasteiger partial charge in [0.15, 0.2) is 0 Å². The zero-order valence-corrected chi connectivity index (χ0v) is 11.9. The van der Waals surface area contributed by atoms with E-state index in [9.17, 15) is 4.39 Å². The first-order valence-corrected chi connectivity index (χ1v) is 7.50. The fourth-order valence-corrected chi connectivity index (χ4v) is 3.15. The minimum atomic E-state index is -0.143. The van der Waals surface area contributed by atoms with Gasteiger partial charge in [-0.05, 0) is 56.5 Å². The summed E-state index contributed by atoms with van der Waals surface area (Å²) >= 11 is 0. The molecule has 1 saturated carbocycles. The number of rotatable bonds is 5. The first kappa shape index (κ1) is 14.3. The van der Waals surface area contributed by atoms with Crippen molar-refractivity contribution in [3.8, 4) is 0 Å². The summed E-state index contributed by atoms with van der Waals surface area (Å²) in [7, 11) is 0. The van der Waals surface area contributed by atoms with E-state index in [0.29, 0.717) is 12.6 Å². The molecule has 0 atom stereocenters. The van der Waals surface area contributed by atoms with Crippen LogP contribution in [0.5, 0.6) is 0 Å². The highest BCUT2D eigenvalue weighted by atomic mass is 19.1. The Morgan fingerprint density at radius 1 is 1.21 bits per heavy atom. The lowest BCUT2D eigenvalue weighted by atomic mass is 9.93. The van der Waals surface area contributed by atoms with Crippen LogP contribution in [0.4, 0.5) is 10.1 Å². The summed E-state index contributed by atoms with van der Waals surface area (Å²) in [6.07, 6.45) is 7.15. The van der Waals surface area contributed by atoms with Crippen molar-refractivity contribution in [1.29, 1.82) is 0 Å². The van der Waals surface area contributed by atoms with Gasteiger partial charge in [-0.3, -0.25) is 0 Å². The quantitative estimate of drug-likeness (QED) is 0.882. The smallest absolute Gasteiger partial charge is 0.125 e. The molecule has 0 heterocycles. The van der Waals surface area contributed by atoms with Gasteiger partial charge in [-0.15, -0.1) is 0 Å². The maximum atomic E-state index is 13.7. The van der Waals surface area contributed by atoms with Gasteiger partial charge in [-0.1, -0.05) is 19.3 Å². The van der Waals surface area contributed by atoms with Crippen LogP contribution in [-0.4, -0.2) is 19.1 Å². The Labute approximate surface area is 115 Å². The third-order valence-electron chi connectivity index (χ3n) is 4.06. The molecule has 2 nitrogen and oxygen atoms in total. The molecule has 1 aromatic rings. The maximum Gasteiger partial charge on any atom is 0.125 e. The number of benzene rings is 1. The molecule has 3 heteroatoms. The standard InChI is InChI=1S/C16H25FN2/c1-2-19(15-6-4-3-5-7-15)16-11-13(8-9-18)10-14(17)12-16/h10-12,15H,2-9,18H2,1H3. The van der Waals surface area contributed by atoms with E-state index in [1.165, 1.54) is 32.1 Å². The van der Waals surface area contributed by atoms with E-state index >= 15 is 0 Å². The highest BCUT2D eigenvalue weighted by Gasteiger charge is 2.20. The lowest BCUT2D eigenvalue weighted by molar-refractivity contribution is 0.417. The summed E-state index contributed by atoms with van der Waals surface area (Å²) in [5.74, 6) is -0.143. The maximum absolute atomic E-state index is 13.7. The highest BCUT2D eigenvalue weighted by molar-refractivity contribution is 5.50. The van der Waals surface area contributed by atoms with Crippen LogP contribution in [-0.2, 0) is 6.42 Å². The number of nitrogens with zero attached hydrogens (tertiary/aromatic N) is 1. The van der Waals surface area contributed by atoms with E-state index in [1.54, 1.807) is 12.1 Å². The van der Waals surface area contributed by atoms with E-state index in [-0.39, 0.29) is 5.82 Å². The van der Waals surface area contributed by atoms with Crippen LogP contribution < -0.4 is 10.6 Å². The largest absolute Gasteiger partial charge is 0.369 e. The number of anilines is 1. The molecule has 2 rings (SSSR count). The molecule has 0 amide bonds. The second-order valence-corrected chi connectivity index (χ2v) is 5.43. The lowest BCUT2D eigenvalue weighted by Gasteiger charge is -2.35. The number of hydrogen-bond acceptors (Lipinski definition) is 2. The Kier molecular flexibility index (Phi) is 5.20. The summed E-state index contributed by atoms with van der Waals surface area (Å²) < 4.78 is 13.7. The Bertz CT molecular complexity index is 400. The van der Waals surface area contributed by atoms with Crippen molar-refractivity contribution in [2.45, 2.75) is 51.5 Å². The summed E-state index contributed by atoms with van der Waals surface area (Å²) in [5, 5.41) is 0. The van der Waals surface area contributed by atoms with Crippen LogP contribution in [0.3, 0.4) is 0 Å². The highest BCUT2D eigenvalue weighted by Crippen LogP contribution is 2.28. The van der Waals surface area contributed by atoms with E-state index in [4.69, 9.17) is 5.73 Å². The Morgan fingerprint density at radius 3 is 2.58 bits per heavy atom. The molecule has 1 aliphatic rings. The molecule has 106 valence electrons. The lowest BCUT2D eigenvalue weighted by Crippen LogP contribution is -2.36. The fraction of sp³-hybridized carbons (Fsp3) is 0.625. The molecule has 0 unspecified atom stereocenters. The summed E-state index contributed by atoms with van der Waals surface area (Å²) in [4.78, 5) is 2.36. The van der Waals surface area contributed by atoms with Gasteiger partial charge < -0.3 is 10.6 Å². The molecule has 2 N–H and O–H groups in total. The molecule has 0 aliphatic heterocycles. The number of halogens is 1.